The molecular weight excluding hydrogens is 295 g/mol. The van der Waals surface area contributed by atoms with Crippen LogP contribution in [0, 0.1) is 0 Å². The highest BCUT2D eigenvalue weighted by Crippen LogP contribution is 2.28. The lowest BCUT2D eigenvalue weighted by molar-refractivity contribution is -0.141. The Balaban J connectivity index is 3.07. The average Bonchev–Trinajstić information content (AvgIpc) is 2.45. The largest absolute Gasteiger partial charge is 0.468 e. The number of ether oxygens (including phenoxy) is 2. The number of alkyl halides is 3. The predicted octanol–water partition coefficient (Wildman–Crippen LogP) is 0.648. The third-order valence-electron chi connectivity index (χ3n) is 2.31. The molecule has 1 aromatic heterocycles. The summed E-state index contributed by atoms with van der Waals surface area (Å²) >= 11 is 0. The Labute approximate surface area is 117 Å². The van der Waals surface area contributed by atoms with Crippen molar-refractivity contribution in [1.29, 1.82) is 0 Å². The first-order valence-electron chi connectivity index (χ1n) is 5.56. The van der Waals surface area contributed by atoms with E-state index in [1.54, 1.807) is 0 Å². The maximum atomic E-state index is 12.6. The maximum absolute atomic E-state index is 12.6. The molecule has 0 bridgehead atoms. The van der Waals surface area contributed by atoms with Gasteiger partial charge in [-0.3, -0.25) is 9.59 Å². The van der Waals surface area contributed by atoms with Gasteiger partial charge in [-0.2, -0.15) is 13.2 Å². The zero-order valence-electron chi connectivity index (χ0n) is 11.2. The molecule has 0 atom stereocenters. The van der Waals surface area contributed by atoms with E-state index in [1.165, 1.54) is 0 Å². The van der Waals surface area contributed by atoms with Gasteiger partial charge in [-0.1, -0.05) is 0 Å². The van der Waals surface area contributed by atoms with Crippen molar-refractivity contribution >= 4 is 17.9 Å². The van der Waals surface area contributed by atoms with E-state index in [0.29, 0.717) is 6.07 Å². The van der Waals surface area contributed by atoms with Crippen molar-refractivity contribution < 1.29 is 32.2 Å². The summed E-state index contributed by atoms with van der Waals surface area (Å²) in [4.78, 5) is 30.4. The summed E-state index contributed by atoms with van der Waals surface area (Å²) in [5.74, 6) is -1.96. The number of esters is 2. The van der Waals surface area contributed by atoms with Crippen LogP contribution in [0.1, 0.15) is 5.69 Å². The highest BCUT2D eigenvalue weighted by molar-refractivity contribution is 5.80. The summed E-state index contributed by atoms with van der Waals surface area (Å²) in [6.07, 6.45) is -3.79. The standard InChI is InChI=1S/C11H12F3N3O4/c1-20-8(18)5-17(6-9(19)21-2)10-15-4-3-7(16-10)11(12,13)14/h3-4H,5-6H2,1-2H3. The van der Waals surface area contributed by atoms with Gasteiger partial charge in [0, 0.05) is 6.20 Å². The fraction of sp³-hybridized carbons (Fsp3) is 0.455. The maximum Gasteiger partial charge on any atom is 0.433 e. The predicted molar refractivity (Wildman–Crippen MR) is 63.3 cm³/mol. The number of hydrogen-bond acceptors (Lipinski definition) is 7. The molecule has 0 N–H and O–H groups in total. The molecule has 0 amide bonds. The van der Waals surface area contributed by atoms with E-state index in [4.69, 9.17) is 0 Å². The molecule has 116 valence electrons. The lowest BCUT2D eigenvalue weighted by atomic mass is 10.4. The zero-order valence-corrected chi connectivity index (χ0v) is 11.2. The van der Waals surface area contributed by atoms with Gasteiger partial charge in [0.2, 0.25) is 5.95 Å². The molecule has 0 aliphatic heterocycles. The summed E-state index contributed by atoms with van der Waals surface area (Å²) < 4.78 is 46.6. The molecule has 0 saturated heterocycles. The van der Waals surface area contributed by atoms with Crippen LogP contribution in [0.3, 0.4) is 0 Å². The smallest absolute Gasteiger partial charge is 0.433 e. The normalized spacial score (nSPS) is 10.9. The fourth-order valence-corrected chi connectivity index (χ4v) is 1.30. The average molecular weight is 307 g/mol. The van der Waals surface area contributed by atoms with Crippen molar-refractivity contribution in [3.05, 3.63) is 18.0 Å². The molecule has 21 heavy (non-hydrogen) atoms. The van der Waals surface area contributed by atoms with E-state index in [0.717, 1.165) is 25.3 Å². The first kappa shape index (κ1) is 16.7. The molecule has 0 spiro atoms. The van der Waals surface area contributed by atoms with E-state index in [-0.39, 0.29) is 0 Å². The molecule has 1 rings (SSSR count). The van der Waals surface area contributed by atoms with Crippen molar-refractivity contribution in [2.75, 3.05) is 32.2 Å². The summed E-state index contributed by atoms with van der Waals surface area (Å²) in [6, 6.07) is 0.679. The van der Waals surface area contributed by atoms with E-state index in [9.17, 15) is 22.8 Å². The molecule has 0 aliphatic rings. The van der Waals surface area contributed by atoms with Gasteiger partial charge in [0.05, 0.1) is 14.2 Å². The van der Waals surface area contributed by atoms with Crippen LogP contribution in [0.25, 0.3) is 0 Å². The minimum atomic E-state index is -4.67. The molecule has 1 heterocycles. The van der Waals surface area contributed by atoms with Crippen LogP contribution in [0.4, 0.5) is 19.1 Å². The SMILES string of the molecule is COC(=O)CN(CC(=O)OC)c1nccc(C(F)(F)F)n1. The van der Waals surface area contributed by atoms with Crippen molar-refractivity contribution in [3.63, 3.8) is 0 Å². The lowest BCUT2D eigenvalue weighted by Crippen LogP contribution is -2.37. The van der Waals surface area contributed by atoms with Gasteiger partial charge < -0.3 is 14.4 Å². The van der Waals surface area contributed by atoms with Crippen LogP contribution in [0.2, 0.25) is 0 Å². The lowest BCUT2D eigenvalue weighted by Gasteiger charge is -2.20. The summed E-state index contributed by atoms with van der Waals surface area (Å²) in [7, 11) is 2.21. The van der Waals surface area contributed by atoms with Crippen molar-refractivity contribution in [3.8, 4) is 0 Å². The Hall–Kier alpha value is -2.39. The van der Waals surface area contributed by atoms with Crippen LogP contribution < -0.4 is 4.90 Å². The zero-order chi connectivity index (χ0) is 16.0. The highest BCUT2D eigenvalue weighted by Gasteiger charge is 2.33. The fourth-order valence-electron chi connectivity index (χ4n) is 1.30. The number of hydrogen-bond donors (Lipinski definition) is 0. The van der Waals surface area contributed by atoms with Crippen LogP contribution in [-0.4, -0.2) is 49.2 Å². The van der Waals surface area contributed by atoms with Gasteiger partial charge in [0.25, 0.3) is 0 Å². The number of methoxy groups -OCH3 is 2. The van der Waals surface area contributed by atoms with Crippen LogP contribution in [0.15, 0.2) is 12.3 Å². The Bertz CT molecular complexity index is 504. The van der Waals surface area contributed by atoms with Crippen molar-refractivity contribution in [2.45, 2.75) is 6.18 Å². The van der Waals surface area contributed by atoms with Crippen molar-refractivity contribution in [2.24, 2.45) is 0 Å². The minimum Gasteiger partial charge on any atom is -0.468 e. The van der Waals surface area contributed by atoms with E-state index in [1.807, 2.05) is 0 Å². The number of halogens is 3. The van der Waals surface area contributed by atoms with Crippen LogP contribution in [-0.2, 0) is 25.2 Å². The molecule has 10 heteroatoms. The van der Waals surface area contributed by atoms with Crippen LogP contribution in [0.5, 0.6) is 0 Å². The first-order chi connectivity index (χ1) is 9.77. The molecule has 0 unspecified atom stereocenters. The second-order valence-electron chi connectivity index (χ2n) is 3.75. The molecule has 0 aliphatic carbocycles. The van der Waals surface area contributed by atoms with Gasteiger partial charge in [0.1, 0.15) is 18.8 Å². The molecule has 0 fully saturated rings. The summed E-state index contributed by atoms with van der Waals surface area (Å²) in [5, 5.41) is 0. The van der Waals surface area contributed by atoms with Gasteiger partial charge >= 0.3 is 18.1 Å². The Kier molecular flexibility index (Phi) is 5.44. The van der Waals surface area contributed by atoms with E-state index >= 15 is 0 Å². The minimum absolute atomic E-state index is 0.430. The van der Waals surface area contributed by atoms with Gasteiger partial charge in [-0.25, -0.2) is 9.97 Å². The van der Waals surface area contributed by atoms with E-state index < -0.39 is 42.8 Å². The summed E-state index contributed by atoms with van der Waals surface area (Å²) in [5.41, 5.74) is -1.19. The molecular formula is C11H12F3N3O4. The number of aromatic nitrogens is 2. The quantitative estimate of drug-likeness (QED) is 0.739. The first-order valence-corrected chi connectivity index (χ1v) is 5.56. The Morgan fingerprint density at radius 2 is 1.71 bits per heavy atom. The van der Waals surface area contributed by atoms with Crippen LogP contribution >= 0.6 is 0 Å². The number of rotatable bonds is 5. The number of carbonyl (C=O) groups is 2. The molecule has 0 aromatic carbocycles. The third-order valence-corrected chi connectivity index (χ3v) is 2.31. The number of carbonyl (C=O) groups excluding carboxylic acids is 2. The third kappa shape index (κ3) is 4.89. The van der Waals surface area contributed by atoms with Gasteiger partial charge in [-0.05, 0) is 6.07 Å². The molecule has 7 nitrogen and oxygen atoms in total. The van der Waals surface area contributed by atoms with Gasteiger partial charge in [-0.15, -0.1) is 0 Å². The number of nitrogens with zero attached hydrogens (tertiary/aromatic N) is 3. The summed E-state index contributed by atoms with van der Waals surface area (Å²) in [6.45, 7) is -0.986. The second-order valence-corrected chi connectivity index (χ2v) is 3.75. The van der Waals surface area contributed by atoms with Crippen molar-refractivity contribution in [1.82, 2.24) is 9.97 Å². The highest BCUT2D eigenvalue weighted by atomic mass is 19.4. The number of anilines is 1. The Morgan fingerprint density at radius 3 is 2.14 bits per heavy atom. The second kappa shape index (κ2) is 6.86. The van der Waals surface area contributed by atoms with E-state index in [2.05, 4.69) is 19.4 Å². The molecule has 0 saturated carbocycles. The Morgan fingerprint density at radius 1 is 1.19 bits per heavy atom. The topological polar surface area (TPSA) is 81.6 Å². The molecule has 1 aromatic rings. The molecule has 0 radical (unpaired) electrons. The monoisotopic (exact) mass is 307 g/mol. The van der Waals surface area contributed by atoms with Gasteiger partial charge in [0.15, 0.2) is 0 Å².